The van der Waals surface area contributed by atoms with Crippen molar-refractivity contribution in [1.29, 1.82) is 0 Å². The van der Waals surface area contributed by atoms with E-state index in [9.17, 15) is 12.8 Å². The minimum absolute atomic E-state index is 0.0872. The molecule has 34 heavy (non-hydrogen) atoms. The van der Waals surface area contributed by atoms with Gasteiger partial charge in [-0.1, -0.05) is 43.7 Å². The number of hydrogen-bond acceptors (Lipinski definition) is 4. The van der Waals surface area contributed by atoms with Crippen LogP contribution in [0.1, 0.15) is 38.4 Å². The molecule has 8 heteroatoms. The number of hydrogen-bond donors (Lipinski definition) is 1. The van der Waals surface area contributed by atoms with E-state index in [-0.39, 0.29) is 11.6 Å². The average Bonchev–Trinajstić information content (AvgIpc) is 3.25. The Balaban J connectivity index is 1.61. The van der Waals surface area contributed by atoms with Crippen LogP contribution in [0.3, 0.4) is 0 Å². The summed E-state index contributed by atoms with van der Waals surface area (Å²) in [6.45, 7) is 3.77. The van der Waals surface area contributed by atoms with Crippen molar-refractivity contribution in [2.24, 2.45) is 0 Å². The third-order valence-electron chi connectivity index (χ3n) is 5.59. The molecule has 0 aliphatic rings. The molecule has 0 amide bonds. The van der Waals surface area contributed by atoms with Gasteiger partial charge in [-0.25, -0.2) is 22.2 Å². The minimum atomic E-state index is -3.42. The van der Waals surface area contributed by atoms with Crippen molar-refractivity contribution in [1.82, 2.24) is 14.5 Å². The first-order chi connectivity index (χ1) is 16.4. The van der Waals surface area contributed by atoms with Gasteiger partial charge >= 0.3 is 0 Å². The average molecular weight is 482 g/mol. The molecule has 1 aromatic heterocycles. The van der Waals surface area contributed by atoms with Crippen molar-refractivity contribution in [2.75, 3.05) is 5.75 Å². The standard InChI is InChI=1S/C26H28FN3O3S/c1-3-4-16-34(31,32)29-19(2)26(20-8-6-5-7-9-20)33-24-14-15-25-21(17-24)18-28-30(25)23-12-10-22(27)11-13-23/h5-15,17-19,26,29H,3-4,16H2,1-2H3/t19-,26-/m0/s1. The van der Waals surface area contributed by atoms with Gasteiger partial charge < -0.3 is 4.74 Å². The lowest BCUT2D eigenvalue weighted by atomic mass is 10.0. The van der Waals surface area contributed by atoms with Crippen LogP contribution in [0.5, 0.6) is 5.75 Å². The maximum Gasteiger partial charge on any atom is 0.211 e. The Morgan fingerprint density at radius 3 is 2.50 bits per heavy atom. The van der Waals surface area contributed by atoms with Gasteiger partial charge in [0.2, 0.25) is 10.0 Å². The van der Waals surface area contributed by atoms with Crippen LogP contribution in [0.15, 0.2) is 79.0 Å². The van der Waals surface area contributed by atoms with E-state index in [0.29, 0.717) is 12.2 Å². The van der Waals surface area contributed by atoms with E-state index >= 15 is 0 Å². The van der Waals surface area contributed by atoms with E-state index in [0.717, 1.165) is 28.6 Å². The topological polar surface area (TPSA) is 73.2 Å². The summed E-state index contributed by atoms with van der Waals surface area (Å²) >= 11 is 0. The molecule has 0 saturated heterocycles. The van der Waals surface area contributed by atoms with E-state index < -0.39 is 22.2 Å². The van der Waals surface area contributed by atoms with Gasteiger partial charge in [-0.3, -0.25) is 0 Å². The summed E-state index contributed by atoms with van der Waals surface area (Å²) < 4.78 is 49.2. The molecule has 4 aromatic rings. The predicted molar refractivity (Wildman–Crippen MR) is 132 cm³/mol. The lowest BCUT2D eigenvalue weighted by Crippen LogP contribution is -2.40. The van der Waals surface area contributed by atoms with Gasteiger partial charge in [-0.2, -0.15) is 5.10 Å². The molecule has 0 aliphatic heterocycles. The Kier molecular flexibility index (Phi) is 7.29. The molecule has 6 nitrogen and oxygen atoms in total. The van der Waals surface area contributed by atoms with Gasteiger partial charge in [0.25, 0.3) is 0 Å². The van der Waals surface area contributed by atoms with Crippen molar-refractivity contribution in [3.63, 3.8) is 0 Å². The smallest absolute Gasteiger partial charge is 0.211 e. The lowest BCUT2D eigenvalue weighted by Gasteiger charge is -2.26. The molecule has 0 unspecified atom stereocenters. The monoisotopic (exact) mass is 481 g/mol. The summed E-state index contributed by atoms with van der Waals surface area (Å²) in [5.74, 6) is 0.381. The van der Waals surface area contributed by atoms with Gasteiger partial charge in [-0.05, 0) is 61.4 Å². The maximum absolute atomic E-state index is 13.3. The van der Waals surface area contributed by atoms with Crippen LogP contribution in [0.25, 0.3) is 16.6 Å². The zero-order chi connectivity index (χ0) is 24.1. The molecule has 1 N–H and O–H groups in total. The van der Waals surface area contributed by atoms with Crippen molar-refractivity contribution in [3.8, 4) is 11.4 Å². The predicted octanol–water partition coefficient (Wildman–Crippen LogP) is 5.39. The molecule has 4 rings (SSSR count). The molecule has 0 radical (unpaired) electrons. The van der Waals surface area contributed by atoms with Crippen LogP contribution in [0.4, 0.5) is 4.39 Å². The van der Waals surface area contributed by atoms with E-state index in [4.69, 9.17) is 4.74 Å². The number of ether oxygens (including phenoxy) is 1. The second-order valence-electron chi connectivity index (χ2n) is 8.28. The molecular weight excluding hydrogens is 453 g/mol. The molecule has 178 valence electrons. The Morgan fingerprint density at radius 1 is 1.06 bits per heavy atom. The molecule has 0 aliphatic carbocycles. The molecule has 2 atom stereocenters. The van der Waals surface area contributed by atoms with Crippen LogP contribution in [0, 0.1) is 5.82 Å². The van der Waals surface area contributed by atoms with E-state index in [1.807, 2.05) is 62.4 Å². The first kappa shape index (κ1) is 23.9. The zero-order valence-electron chi connectivity index (χ0n) is 19.2. The van der Waals surface area contributed by atoms with Gasteiger partial charge in [0.1, 0.15) is 17.7 Å². The number of halogens is 1. The third kappa shape index (κ3) is 5.63. The summed E-state index contributed by atoms with van der Waals surface area (Å²) in [6.07, 6.45) is 2.61. The van der Waals surface area contributed by atoms with E-state index in [1.165, 1.54) is 12.1 Å². The highest BCUT2D eigenvalue weighted by Gasteiger charge is 2.25. The van der Waals surface area contributed by atoms with E-state index in [2.05, 4.69) is 9.82 Å². The highest BCUT2D eigenvalue weighted by atomic mass is 32.2. The fourth-order valence-electron chi connectivity index (χ4n) is 3.86. The van der Waals surface area contributed by atoms with Crippen LogP contribution in [-0.4, -0.2) is 30.0 Å². The molecule has 1 heterocycles. The summed E-state index contributed by atoms with van der Waals surface area (Å²) in [4.78, 5) is 0. The Hall–Kier alpha value is -3.23. The largest absolute Gasteiger partial charge is 0.484 e. The summed E-state index contributed by atoms with van der Waals surface area (Å²) in [6, 6.07) is 20.8. The fourth-order valence-corrected chi connectivity index (χ4v) is 5.34. The van der Waals surface area contributed by atoms with Crippen molar-refractivity contribution >= 4 is 20.9 Å². The minimum Gasteiger partial charge on any atom is -0.484 e. The van der Waals surface area contributed by atoms with E-state index in [1.54, 1.807) is 23.0 Å². The number of rotatable bonds is 10. The van der Waals surface area contributed by atoms with Gasteiger partial charge in [-0.15, -0.1) is 0 Å². The van der Waals surface area contributed by atoms with Gasteiger partial charge in [0, 0.05) is 5.39 Å². The molecule has 3 aromatic carbocycles. The van der Waals surface area contributed by atoms with Crippen molar-refractivity contribution in [3.05, 3.63) is 90.4 Å². The zero-order valence-corrected chi connectivity index (χ0v) is 20.0. The van der Waals surface area contributed by atoms with Crippen LogP contribution >= 0.6 is 0 Å². The molecule has 0 spiro atoms. The Morgan fingerprint density at radius 2 is 1.79 bits per heavy atom. The number of aromatic nitrogens is 2. The second-order valence-corrected chi connectivity index (χ2v) is 10.2. The van der Waals surface area contributed by atoms with Crippen LogP contribution in [0.2, 0.25) is 0 Å². The van der Waals surface area contributed by atoms with Crippen LogP contribution < -0.4 is 9.46 Å². The van der Waals surface area contributed by atoms with Gasteiger partial charge in [0.15, 0.2) is 0 Å². The molecule has 0 saturated carbocycles. The van der Waals surface area contributed by atoms with Crippen molar-refractivity contribution < 1.29 is 17.5 Å². The number of nitrogens with zero attached hydrogens (tertiary/aromatic N) is 2. The first-order valence-corrected chi connectivity index (χ1v) is 13.0. The normalized spacial score (nSPS) is 13.6. The van der Waals surface area contributed by atoms with Gasteiger partial charge in [0.05, 0.1) is 29.2 Å². The number of sulfonamides is 1. The fraction of sp³-hybridized carbons (Fsp3) is 0.269. The number of unbranched alkanes of at least 4 members (excludes halogenated alkanes) is 1. The molecular formula is C26H28FN3O3S. The summed E-state index contributed by atoms with van der Waals surface area (Å²) in [5, 5.41) is 5.28. The lowest BCUT2D eigenvalue weighted by molar-refractivity contribution is 0.173. The Labute approximate surface area is 199 Å². The number of nitrogens with one attached hydrogen (secondary N) is 1. The maximum atomic E-state index is 13.3. The second kappa shape index (κ2) is 10.4. The number of fused-ring (bicyclic) bond motifs is 1. The highest BCUT2D eigenvalue weighted by Crippen LogP contribution is 2.29. The quantitative estimate of drug-likeness (QED) is 0.329. The summed E-state index contributed by atoms with van der Waals surface area (Å²) in [5.41, 5.74) is 2.47. The highest BCUT2D eigenvalue weighted by molar-refractivity contribution is 7.89. The SMILES string of the molecule is CCCCS(=O)(=O)N[C@@H](C)[C@H](Oc1ccc2c(cnn2-c2ccc(F)cc2)c1)c1ccccc1. The first-order valence-electron chi connectivity index (χ1n) is 11.3. The third-order valence-corrected chi connectivity index (χ3v) is 7.15. The molecule has 0 bridgehead atoms. The summed E-state index contributed by atoms with van der Waals surface area (Å²) in [7, 11) is -3.42. The molecule has 0 fully saturated rings. The van der Waals surface area contributed by atoms with Crippen molar-refractivity contribution in [2.45, 2.75) is 38.8 Å². The Bertz CT molecular complexity index is 1340. The number of benzene rings is 3. The van der Waals surface area contributed by atoms with Crippen LogP contribution in [-0.2, 0) is 10.0 Å².